The summed E-state index contributed by atoms with van der Waals surface area (Å²) in [6.45, 7) is 1.49. The number of aliphatic carboxylic acids is 2. The Hall–Kier alpha value is -2.10. The molecule has 0 spiro atoms. The first kappa shape index (κ1) is 13.0. The van der Waals surface area contributed by atoms with Crippen molar-refractivity contribution in [3.8, 4) is 0 Å². The van der Waals surface area contributed by atoms with Gasteiger partial charge in [0.2, 0.25) is 0 Å². The van der Waals surface area contributed by atoms with Crippen LogP contribution in [0.25, 0.3) is 6.08 Å². The van der Waals surface area contributed by atoms with Gasteiger partial charge in [0.25, 0.3) is 0 Å². The van der Waals surface area contributed by atoms with E-state index in [1.807, 2.05) is 6.07 Å². The predicted molar refractivity (Wildman–Crippen MR) is 63.5 cm³/mol. The monoisotopic (exact) mass is 234 g/mol. The van der Waals surface area contributed by atoms with Gasteiger partial charge in [0, 0.05) is 5.57 Å². The third kappa shape index (κ3) is 4.10. The highest BCUT2D eigenvalue weighted by atomic mass is 16.4. The molecular weight excluding hydrogens is 220 g/mol. The average molecular weight is 234 g/mol. The molecule has 1 aromatic carbocycles. The second-order valence-corrected chi connectivity index (χ2v) is 3.83. The summed E-state index contributed by atoms with van der Waals surface area (Å²) >= 11 is 0. The summed E-state index contributed by atoms with van der Waals surface area (Å²) in [5.41, 5.74) is 0.855. The molecule has 1 atom stereocenters. The average Bonchev–Trinajstić information content (AvgIpc) is 2.29. The highest BCUT2D eigenvalue weighted by Crippen LogP contribution is 2.15. The molecule has 0 fully saturated rings. The number of carboxylic acids is 2. The van der Waals surface area contributed by atoms with Gasteiger partial charge < -0.3 is 10.2 Å². The van der Waals surface area contributed by atoms with Crippen LogP contribution in [-0.4, -0.2) is 22.2 Å². The molecule has 0 radical (unpaired) electrons. The summed E-state index contributed by atoms with van der Waals surface area (Å²) in [5, 5.41) is 17.8. The van der Waals surface area contributed by atoms with Crippen LogP contribution in [0.1, 0.15) is 18.9 Å². The highest BCUT2D eigenvalue weighted by Gasteiger charge is 2.17. The van der Waals surface area contributed by atoms with Crippen molar-refractivity contribution in [1.29, 1.82) is 0 Å². The Labute approximate surface area is 99.2 Å². The van der Waals surface area contributed by atoms with E-state index < -0.39 is 17.9 Å². The Kier molecular flexibility index (Phi) is 4.46. The van der Waals surface area contributed by atoms with Gasteiger partial charge in [-0.25, -0.2) is 4.79 Å². The van der Waals surface area contributed by atoms with Crippen LogP contribution in [0, 0.1) is 5.92 Å². The van der Waals surface area contributed by atoms with Gasteiger partial charge in [-0.2, -0.15) is 0 Å². The maximum absolute atomic E-state index is 11.0. The lowest BCUT2D eigenvalue weighted by atomic mass is 9.99. The Morgan fingerprint density at radius 1 is 1.24 bits per heavy atom. The maximum Gasteiger partial charge on any atom is 0.331 e. The van der Waals surface area contributed by atoms with E-state index in [1.54, 1.807) is 24.3 Å². The van der Waals surface area contributed by atoms with E-state index in [0.29, 0.717) is 0 Å². The lowest BCUT2D eigenvalue weighted by Gasteiger charge is -2.06. The van der Waals surface area contributed by atoms with Crippen LogP contribution in [0.3, 0.4) is 0 Å². The molecule has 1 rings (SSSR count). The van der Waals surface area contributed by atoms with Gasteiger partial charge in [0.05, 0.1) is 5.92 Å². The number of hydrogen-bond donors (Lipinski definition) is 2. The minimum Gasteiger partial charge on any atom is -0.481 e. The topological polar surface area (TPSA) is 74.6 Å². The van der Waals surface area contributed by atoms with E-state index in [-0.39, 0.29) is 12.0 Å². The zero-order valence-corrected chi connectivity index (χ0v) is 9.46. The molecule has 90 valence electrons. The molecule has 4 nitrogen and oxygen atoms in total. The number of rotatable bonds is 5. The third-order valence-electron chi connectivity index (χ3n) is 2.36. The van der Waals surface area contributed by atoms with Gasteiger partial charge >= 0.3 is 11.9 Å². The molecule has 0 saturated carbocycles. The third-order valence-corrected chi connectivity index (χ3v) is 2.36. The predicted octanol–water partition coefficient (Wildman–Crippen LogP) is 2.27. The standard InChI is InChI=1S/C13H14O4/c1-9(12(14)15)7-11(13(16)17)8-10-5-3-2-4-6-10/h2-6,8-9H,7H2,1H3,(H,14,15)(H,16,17)/b11-8+. The first-order valence-electron chi connectivity index (χ1n) is 5.22. The molecule has 0 aliphatic carbocycles. The normalized spacial score (nSPS) is 13.1. The Bertz CT molecular complexity index is 434. The molecule has 0 saturated heterocycles. The van der Waals surface area contributed by atoms with Crippen LogP contribution in [0.2, 0.25) is 0 Å². The molecule has 0 amide bonds. The zero-order valence-electron chi connectivity index (χ0n) is 9.46. The van der Waals surface area contributed by atoms with Crippen LogP contribution in [0.15, 0.2) is 35.9 Å². The van der Waals surface area contributed by atoms with Crippen LogP contribution in [0.4, 0.5) is 0 Å². The Morgan fingerprint density at radius 3 is 2.29 bits per heavy atom. The summed E-state index contributed by atoms with van der Waals surface area (Å²) in [7, 11) is 0. The first-order valence-corrected chi connectivity index (χ1v) is 5.22. The number of benzene rings is 1. The molecule has 1 aromatic rings. The Morgan fingerprint density at radius 2 is 1.82 bits per heavy atom. The van der Waals surface area contributed by atoms with Crippen molar-refractivity contribution in [2.24, 2.45) is 5.92 Å². The van der Waals surface area contributed by atoms with Gasteiger partial charge in [-0.15, -0.1) is 0 Å². The molecule has 0 aromatic heterocycles. The lowest BCUT2D eigenvalue weighted by Crippen LogP contribution is -2.13. The van der Waals surface area contributed by atoms with Gasteiger partial charge in [-0.05, 0) is 18.1 Å². The SMILES string of the molecule is CC(C/C(=C\c1ccccc1)C(=O)O)C(=O)O. The summed E-state index contributed by atoms with van der Waals surface area (Å²) in [4.78, 5) is 21.7. The van der Waals surface area contributed by atoms with Crippen molar-refractivity contribution < 1.29 is 19.8 Å². The molecule has 4 heteroatoms. The van der Waals surface area contributed by atoms with E-state index in [9.17, 15) is 9.59 Å². The molecule has 17 heavy (non-hydrogen) atoms. The van der Waals surface area contributed by atoms with Crippen molar-refractivity contribution in [2.75, 3.05) is 0 Å². The summed E-state index contributed by atoms with van der Waals surface area (Å²) in [6, 6.07) is 8.97. The van der Waals surface area contributed by atoms with Gasteiger partial charge in [0.1, 0.15) is 0 Å². The van der Waals surface area contributed by atoms with Gasteiger partial charge in [-0.1, -0.05) is 37.3 Å². The fourth-order valence-electron chi connectivity index (χ4n) is 1.38. The molecular formula is C13H14O4. The number of carboxylic acid groups (broad SMARTS) is 2. The minimum absolute atomic E-state index is 0.0135. The van der Waals surface area contributed by atoms with Crippen molar-refractivity contribution in [1.82, 2.24) is 0 Å². The largest absolute Gasteiger partial charge is 0.481 e. The van der Waals surface area contributed by atoms with Gasteiger partial charge in [0.15, 0.2) is 0 Å². The van der Waals surface area contributed by atoms with E-state index >= 15 is 0 Å². The first-order chi connectivity index (χ1) is 8.00. The molecule has 2 N–H and O–H groups in total. The molecule has 1 unspecified atom stereocenters. The second-order valence-electron chi connectivity index (χ2n) is 3.83. The quantitative estimate of drug-likeness (QED) is 0.766. The highest BCUT2D eigenvalue weighted by molar-refractivity contribution is 5.92. The van der Waals surface area contributed by atoms with Crippen molar-refractivity contribution in [2.45, 2.75) is 13.3 Å². The number of hydrogen-bond acceptors (Lipinski definition) is 2. The smallest absolute Gasteiger partial charge is 0.331 e. The lowest BCUT2D eigenvalue weighted by molar-refractivity contribution is -0.141. The van der Waals surface area contributed by atoms with E-state index in [2.05, 4.69) is 0 Å². The van der Waals surface area contributed by atoms with Crippen molar-refractivity contribution >= 4 is 18.0 Å². The molecule has 0 heterocycles. The van der Waals surface area contributed by atoms with E-state index in [0.717, 1.165) is 5.56 Å². The summed E-state index contributed by atoms with van der Waals surface area (Å²) in [5.74, 6) is -2.78. The molecule has 0 aliphatic rings. The Balaban J connectivity index is 2.91. The van der Waals surface area contributed by atoms with Crippen molar-refractivity contribution in [3.05, 3.63) is 41.5 Å². The minimum atomic E-state index is -1.08. The summed E-state index contributed by atoms with van der Waals surface area (Å²) < 4.78 is 0. The fourth-order valence-corrected chi connectivity index (χ4v) is 1.38. The fraction of sp³-hybridized carbons (Fsp3) is 0.231. The van der Waals surface area contributed by atoms with Crippen LogP contribution in [-0.2, 0) is 9.59 Å². The summed E-state index contributed by atoms with van der Waals surface area (Å²) in [6.07, 6.45) is 1.52. The van der Waals surface area contributed by atoms with Gasteiger partial charge in [-0.3, -0.25) is 4.79 Å². The second kappa shape index (κ2) is 5.84. The van der Waals surface area contributed by atoms with E-state index in [1.165, 1.54) is 13.0 Å². The van der Waals surface area contributed by atoms with E-state index in [4.69, 9.17) is 10.2 Å². The van der Waals surface area contributed by atoms with Crippen LogP contribution < -0.4 is 0 Å². The zero-order chi connectivity index (χ0) is 12.8. The van der Waals surface area contributed by atoms with Crippen LogP contribution >= 0.6 is 0 Å². The number of carbonyl (C=O) groups is 2. The van der Waals surface area contributed by atoms with Crippen molar-refractivity contribution in [3.63, 3.8) is 0 Å². The molecule has 0 aliphatic heterocycles. The van der Waals surface area contributed by atoms with Crippen LogP contribution in [0.5, 0.6) is 0 Å². The maximum atomic E-state index is 11.0. The molecule has 0 bridgehead atoms.